The normalized spacial score (nSPS) is 13.1. The third-order valence-electron chi connectivity index (χ3n) is 5.56. The molecule has 8 heteroatoms. The van der Waals surface area contributed by atoms with Crippen LogP contribution in [-0.4, -0.2) is 58.8 Å². The zero-order valence-electron chi connectivity index (χ0n) is 23.2. The molecule has 0 saturated heterocycles. The van der Waals surface area contributed by atoms with Crippen LogP contribution in [0.15, 0.2) is 24.3 Å². The first-order valence-electron chi connectivity index (χ1n) is 13.2. The average Bonchev–Trinajstić information content (AvgIpc) is 2.76. The number of carbonyl (C=O) groups is 3. The Morgan fingerprint density at radius 3 is 2.22 bits per heavy atom. The molecule has 2 unspecified atom stereocenters. The average molecular weight is 506 g/mol. The lowest BCUT2D eigenvalue weighted by Gasteiger charge is -2.34. The van der Waals surface area contributed by atoms with Gasteiger partial charge in [0.25, 0.3) is 0 Å². The molecular formula is C28H47N3O5. The Balaban J connectivity index is 3.30. The predicted octanol–water partition coefficient (Wildman–Crippen LogP) is 4.64. The summed E-state index contributed by atoms with van der Waals surface area (Å²) in [5.74, 6) is -0.828. The van der Waals surface area contributed by atoms with Gasteiger partial charge in [-0.3, -0.25) is 9.59 Å². The highest BCUT2D eigenvalue weighted by molar-refractivity contribution is 5.92. The van der Waals surface area contributed by atoms with Crippen LogP contribution in [0.2, 0.25) is 0 Å². The molecular weight excluding hydrogens is 458 g/mol. The number of aliphatic hydroxyl groups excluding tert-OH is 1. The molecule has 1 aromatic carbocycles. The zero-order chi connectivity index (χ0) is 27.3. The highest BCUT2D eigenvalue weighted by Gasteiger charge is 2.36. The second kappa shape index (κ2) is 15.5. The fourth-order valence-electron chi connectivity index (χ4n) is 3.94. The van der Waals surface area contributed by atoms with Gasteiger partial charge in [0.1, 0.15) is 17.7 Å². The number of nitrogens with zero attached hydrogens (tertiary/aromatic N) is 1. The van der Waals surface area contributed by atoms with Crippen molar-refractivity contribution < 1.29 is 24.2 Å². The lowest BCUT2D eigenvalue weighted by atomic mass is 10.00. The molecule has 0 aliphatic carbocycles. The van der Waals surface area contributed by atoms with Gasteiger partial charge in [0, 0.05) is 12.6 Å². The van der Waals surface area contributed by atoms with Crippen molar-refractivity contribution in [1.29, 1.82) is 0 Å². The SMILES string of the molecule is CCCCCCCCN(C(=O)C(CO)NC(=O)OC(C)(C)C)C(C(=O)NC(C)C)c1cccc(C)c1. The van der Waals surface area contributed by atoms with Crippen molar-refractivity contribution in [3.63, 3.8) is 0 Å². The first-order valence-corrected chi connectivity index (χ1v) is 13.2. The van der Waals surface area contributed by atoms with E-state index >= 15 is 0 Å². The highest BCUT2D eigenvalue weighted by atomic mass is 16.6. The molecule has 0 fully saturated rings. The van der Waals surface area contributed by atoms with E-state index in [2.05, 4.69) is 17.6 Å². The Kier molecular flexibility index (Phi) is 13.5. The molecule has 0 aliphatic heterocycles. The van der Waals surface area contributed by atoms with E-state index in [1.54, 1.807) is 20.8 Å². The quantitative estimate of drug-likeness (QED) is 0.319. The molecule has 0 radical (unpaired) electrons. The van der Waals surface area contributed by atoms with Crippen LogP contribution in [-0.2, 0) is 14.3 Å². The van der Waals surface area contributed by atoms with Gasteiger partial charge in [0.05, 0.1) is 6.61 Å². The molecule has 0 aromatic heterocycles. The monoisotopic (exact) mass is 505 g/mol. The molecule has 3 amide bonds. The number of aliphatic hydroxyl groups is 1. The smallest absolute Gasteiger partial charge is 0.408 e. The minimum absolute atomic E-state index is 0.121. The van der Waals surface area contributed by atoms with Crippen LogP contribution in [0.4, 0.5) is 4.79 Å². The number of aryl methyl sites for hydroxylation is 1. The maximum Gasteiger partial charge on any atom is 0.408 e. The van der Waals surface area contributed by atoms with E-state index in [1.165, 1.54) is 4.90 Å². The van der Waals surface area contributed by atoms with Gasteiger partial charge >= 0.3 is 6.09 Å². The van der Waals surface area contributed by atoms with Crippen molar-refractivity contribution in [3.05, 3.63) is 35.4 Å². The lowest BCUT2D eigenvalue weighted by Crippen LogP contribution is -2.55. The van der Waals surface area contributed by atoms with Gasteiger partial charge in [0.15, 0.2) is 0 Å². The summed E-state index contributed by atoms with van der Waals surface area (Å²) in [7, 11) is 0. The van der Waals surface area contributed by atoms with E-state index in [4.69, 9.17) is 4.74 Å². The van der Waals surface area contributed by atoms with Crippen LogP contribution >= 0.6 is 0 Å². The van der Waals surface area contributed by atoms with Gasteiger partial charge in [-0.15, -0.1) is 0 Å². The van der Waals surface area contributed by atoms with Crippen molar-refractivity contribution in [2.45, 2.75) is 111 Å². The van der Waals surface area contributed by atoms with Gasteiger partial charge in [0.2, 0.25) is 11.8 Å². The fourth-order valence-corrected chi connectivity index (χ4v) is 3.94. The Morgan fingerprint density at radius 1 is 1.03 bits per heavy atom. The van der Waals surface area contributed by atoms with Crippen LogP contribution in [0.25, 0.3) is 0 Å². The Labute approximate surface area is 217 Å². The van der Waals surface area contributed by atoms with Gasteiger partial charge in [-0.2, -0.15) is 0 Å². The van der Waals surface area contributed by atoms with Gasteiger partial charge in [-0.05, 0) is 53.5 Å². The van der Waals surface area contributed by atoms with Crippen LogP contribution in [0.1, 0.15) is 97.2 Å². The molecule has 36 heavy (non-hydrogen) atoms. The summed E-state index contributed by atoms with van der Waals surface area (Å²) >= 11 is 0. The van der Waals surface area contributed by atoms with E-state index < -0.39 is 36.3 Å². The number of nitrogens with one attached hydrogen (secondary N) is 2. The molecule has 204 valence electrons. The zero-order valence-corrected chi connectivity index (χ0v) is 23.2. The summed E-state index contributed by atoms with van der Waals surface area (Å²) in [6.07, 6.45) is 5.30. The molecule has 0 saturated carbocycles. The fraction of sp³-hybridized carbons (Fsp3) is 0.679. The molecule has 0 heterocycles. The highest BCUT2D eigenvalue weighted by Crippen LogP contribution is 2.25. The van der Waals surface area contributed by atoms with Crippen molar-refractivity contribution in [2.75, 3.05) is 13.2 Å². The number of rotatable bonds is 14. The third-order valence-corrected chi connectivity index (χ3v) is 5.56. The molecule has 0 spiro atoms. The lowest BCUT2D eigenvalue weighted by molar-refractivity contribution is -0.143. The Morgan fingerprint density at radius 2 is 1.67 bits per heavy atom. The number of hydrogen-bond donors (Lipinski definition) is 3. The Hall–Kier alpha value is -2.61. The van der Waals surface area contributed by atoms with E-state index in [-0.39, 0.29) is 11.9 Å². The van der Waals surface area contributed by atoms with Gasteiger partial charge in [-0.1, -0.05) is 68.9 Å². The van der Waals surface area contributed by atoms with Gasteiger partial charge < -0.3 is 25.4 Å². The number of benzene rings is 1. The summed E-state index contributed by atoms with van der Waals surface area (Å²) in [5, 5.41) is 15.4. The van der Waals surface area contributed by atoms with Crippen molar-refractivity contribution in [3.8, 4) is 0 Å². The second-order valence-corrected chi connectivity index (χ2v) is 10.7. The largest absolute Gasteiger partial charge is 0.444 e. The second-order valence-electron chi connectivity index (χ2n) is 10.7. The maximum atomic E-state index is 13.7. The third kappa shape index (κ3) is 11.4. The molecule has 1 rings (SSSR count). The van der Waals surface area contributed by atoms with Crippen LogP contribution in [0, 0.1) is 6.92 Å². The number of amides is 3. The number of alkyl carbamates (subject to hydrolysis) is 1. The van der Waals surface area contributed by atoms with E-state index in [0.29, 0.717) is 18.5 Å². The van der Waals surface area contributed by atoms with Crippen LogP contribution in [0.3, 0.4) is 0 Å². The summed E-state index contributed by atoms with van der Waals surface area (Å²) in [6, 6.07) is 5.25. The first kappa shape index (κ1) is 31.4. The summed E-state index contributed by atoms with van der Waals surface area (Å²) in [5.41, 5.74) is 0.890. The predicted molar refractivity (Wildman–Crippen MR) is 143 cm³/mol. The first-order chi connectivity index (χ1) is 16.9. The molecule has 1 aromatic rings. The topological polar surface area (TPSA) is 108 Å². The molecule has 0 bridgehead atoms. The van der Waals surface area contributed by atoms with E-state index in [1.807, 2.05) is 45.0 Å². The number of unbranched alkanes of at least 4 members (excludes halogenated alkanes) is 5. The molecule has 0 aliphatic rings. The molecule has 2 atom stereocenters. The van der Waals surface area contributed by atoms with E-state index in [9.17, 15) is 19.5 Å². The summed E-state index contributed by atoms with van der Waals surface area (Å²) in [4.78, 5) is 41.0. The van der Waals surface area contributed by atoms with Crippen molar-refractivity contribution in [2.24, 2.45) is 0 Å². The molecule has 8 nitrogen and oxygen atoms in total. The van der Waals surface area contributed by atoms with Crippen LogP contribution < -0.4 is 10.6 Å². The van der Waals surface area contributed by atoms with Crippen molar-refractivity contribution >= 4 is 17.9 Å². The van der Waals surface area contributed by atoms with Gasteiger partial charge in [-0.25, -0.2) is 4.79 Å². The van der Waals surface area contributed by atoms with Crippen LogP contribution in [0.5, 0.6) is 0 Å². The minimum Gasteiger partial charge on any atom is -0.444 e. The standard InChI is InChI=1S/C28H47N3O5/c1-8-9-10-11-12-13-17-31(26(34)23(19-32)30-27(35)36-28(5,6)7)24(25(33)29-20(2)3)22-16-14-15-21(4)18-22/h14-16,18,20,23-24,32H,8-13,17,19H2,1-7H3,(H,29,33)(H,30,35). The van der Waals surface area contributed by atoms with Crippen molar-refractivity contribution in [1.82, 2.24) is 15.5 Å². The van der Waals surface area contributed by atoms with E-state index in [0.717, 1.165) is 37.7 Å². The Bertz CT molecular complexity index is 835. The summed E-state index contributed by atoms with van der Waals surface area (Å²) in [6.45, 7) is 12.7. The summed E-state index contributed by atoms with van der Waals surface area (Å²) < 4.78 is 5.29. The number of hydrogen-bond acceptors (Lipinski definition) is 5. The minimum atomic E-state index is -1.24. The number of carbonyl (C=O) groups excluding carboxylic acids is 3. The maximum absolute atomic E-state index is 13.7. The number of ether oxygens (including phenoxy) is 1. The molecule has 3 N–H and O–H groups in total.